The van der Waals surface area contributed by atoms with Gasteiger partial charge in [-0.2, -0.15) is 8.42 Å². The number of nitrogens with one attached hydrogen (secondary N) is 1. The fraction of sp³-hybridized carbons (Fsp3) is 0.870. The summed E-state index contributed by atoms with van der Waals surface area (Å²) in [4.78, 5) is 35.5. The summed E-state index contributed by atoms with van der Waals surface area (Å²) in [5, 5.41) is 13.0. The van der Waals surface area contributed by atoms with Gasteiger partial charge in [0, 0.05) is 18.9 Å². The highest BCUT2D eigenvalue weighted by Crippen LogP contribution is 2.33. The molecule has 0 aromatic rings. The predicted octanol–water partition coefficient (Wildman–Crippen LogP) is 2.45. The van der Waals surface area contributed by atoms with E-state index in [1.165, 1.54) is 20.8 Å². The van der Waals surface area contributed by atoms with Crippen molar-refractivity contribution in [3.05, 3.63) is 0 Å². The summed E-state index contributed by atoms with van der Waals surface area (Å²) >= 11 is 0. The molecule has 2 N–H and O–H groups in total. The van der Waals surface area contributed by atoms with Gasteiger partial charge in [-0.25, -0.2) is 9.59 Å². The van der Waals surface area contributed by atoms with Crippen molar-refractivity contribution in [2.75, 3.05) is 32.1 Å². The number of unbranched alkanes of at least 4 members (excludes halogenated alkanes) is 1. The highest BCUT2D eigenvalue weighted by Gasteiger charge is 2.41. The normalized spacial score (nSPS) is 16.7. The Morgan fingerprint density at radius 3 is 2.34 bits per heavy atom. The van der Waals surface area contributed by atoms with Gasteiger partial charge in [-0.15, -0.1) is 0 Å². The summed E-state index contributed by atoms with van der Waals surface area (Å²) in [6.45, 7) is 6.00. The first kappa shape index (κ1) is 31.1. The number of hydrogen-bond donors (Lipinski definition) is 2. The molecule has 1 rings (SSSR count). The van der Waals surface area contributed by atoms with Gasteiger partial charge in [-0.3, -0.25) is 8.98 Å². The van der Waals surface area contributed by atoms with Gasteiger partial charge in [0.1, 0.15) is 12.2 Å². The maximum Gasteiger partial charge on any atom is 0.508 e. The third-order valence-corrected chi connectivity index (χ3v) is 7.04. The summed E-state index contributed by atoms with van der Waals surface area (Å²) in [6.07, 6.45) is 2.82. The fourth-order valence-corrected chi connectivity index (χ4v) is 4.57. The number of amides is 1. The first-order chi connectivity index (χ1) is 16.3. The number of carbonyl (C=O) groups excluding carboxylic acids is 3. The van der Waals surface area contributed by atoms with Crippen molar-refractivity contribution < 1.29 is 46.3 Å². The van der Waals surface area contributed by atoms with Crippen molar-refractivity contribution in [3.63, 3.8) is 0 Å². The summed E-state index contributed by atoms with van der Waals surface area (Å²) < 4.78 is 45.1. The molecule has 12 heteroatoms. The van der Waals surface area contributed by atoms with Gasteiger partial charge in [0.15, 0.2) is 6.10 Å². The number of ether oxygens (including phenoxy) is 3. The number of aliphatic hydroxyl groups is 1. The third-order valence-electron chi connectivity index (χ3n) is 5.78. The molecule has 0 radical (unpaired) electrons. The van der Waals surface area contributed by atoms with Crippen LogP contribution in [0.3, 0.4) is 0 Å². The van der Waals surface area contributed by atoms with Crippen LogP contribution in [-0.2, 0) is 38.1 Å². The van der Waals surface area contributed by atoms with Crippen LogP contribution in [0.15, 0.2) is 0 Å². The quantitative estimate of drug-likeness (QED) is 0.186. The van der Waals surface area contributed by atoms with Crippen molar-refractivity contribution in [1.82, 2.24) is 5.32 Å². The molecule has 204 valence electrons. The van der Waals surface area contributed by atoms with Crippen LogP contribution in [-0.4, -0.2) is 75.4 Å². The van der Waals surface area contributed by atoms with Crippen LogP contribution in [0.1, 0.15) is 79.1 Å². The topological polar surface area (TPSA) is 155 Å². The number of hydrogen-bond acceptors (Lipinski definition) is 10. The Kier molecular flexibility index (Phi) is 13.0. The maximum atomic E-state index is 12.6. The minimum absolute atomic E-state index is 0.163. The zero-order chi connectivity index (χ0) is 26.5. The largest absolute Gasteiger partial charge is 0.508 e. The molecular weight excluding hydrogens is 482 g/mol. The second-order valence-corrected chi connectivity index (χ2v) is 11.4. The number of carbonyl (C=O) groups is 3. The van der Waals surface area contributed by atoms with Gasteiger partial charge in [0.25, 0.3) is 10.1 Å². The van der Waals surface area contributed by atoms with E-state index >= 15 is 0 Å². The lowest BCUT2D eigenvalue weighted by Crippen LogP contribution is -2.46. The Labute approximate surface area is 208 Å². The van der Waals surface area contributed by atoms with E-state index in [1.54, 1.807) is 0 Å². The highest BCUT2D eigenvalue weighted by molar-refractivity contribution is 7.86. The predicted molar refractivity (Wildman–Crippen MR) is 127 cm³/mol. The van der Waals surface area contributed by atoms with Crippen molar-refractivity contribution in [2.24, 2.45) is 5.41 Å². The van der Waals surface area contributed by atoms with Crippen LogP contribution < -0.4 is 5.32 Å². The van der Waals surface area contributed by atoms with Gasteiger partial charge < -0.3 is 24.6 Å². The molecule has 1 saturated carbocycles. The Morgan fingerprint density at radius 1 is 1.09 bits per heavy atom. The van der Waals surface area contributed by atoms with Gasteiger partial charge in [-0.05, 0) is 38.5 Å². The van der Waals surface area contributed by atoms with Gasteiger partial charge in [-0.1, -0.05) is 33.6 Å². The van der Waals surface area contributed by atoms with Crippen LogP contribution in [0.25, 0.3) is 0 Å². The minimum Gasteiger partial charge on any atom is -0.459 e. The van der Waals surface area contributed by atoms with E-state index in [4.69, 9.17) is 18.4 Å². The summed E-state index contributed by atoms with van der Waals surface area (Å²) in [5.41, 5.74) is -2.30. The molecule has 0 heterocycles. The van der Waals surface area contributed by atoms with E-state index in [2.05, 4.69) is 5.32 Å². The van der Waals surface area contributed by atoms with Crippen LogP contribution in [0.4, 0.5) is 4.79 Å². The lowest BCUT2D eigenvalue weighted by molar-refractivity contribution is -0.172. The minimum atomic E-state index is -3.92. The van der Waals surface area contributed by atoms with E-state index in [0.29, 0.717) is 19.3 Å². The summed E-state index contributed by atoms with van der Waals surface area (Å²) in [7, 11) is -3.92. The van der Waals surface area contributed by atoms with E-state index in [0.717, 1.165) is 25.7 Å². The number of aliphatic hydroxyl groups excluding tert-OH is 1. The Bertz CT molecular complexity index is 790. The lowest BCUT2D eigenvalue weighted by Gasteiger charge is -2.36. The Morgan fingerprint density at radius 2 is 1.74 bits per heavy atom. The van der Waals surface area contributed by atoms with Gasteiger partial charge in [0.2, 0.25) is 5.91 Å². The first-order valence-corrected chi connectivity index (χ1v) is 13.7. The molecule has 0 spiro atoms. The average molecular weight is 524 g/mol. The average Bonchev–Trinajstić information content (AvgIpc) is 2.79. The number of esters is 1. The zero-order valence-corrected chi connectivity index (χ0v) is 22.1. The molecule has 0 aromatic heterocycles. The monoisotopic (exact) mass is 523 g/mol. The molecule has 1 fully saturated rings. The second kappa shape index (κ2) is 14.6. The van der Waals surface area contributed by atoms with Gasteiger partial charge >= 0.3 is 12.1 Å². The Balaban J connectivity index is 2.62. The van der Waals surface area contributed by atoms with Crippen molar-refractivity contribution >= 4 is 28.1 Å². The molecule has 0 saturated heterocycles. The molecule has 1 aliphatic rings. The molecule has 0 unspecified atom stereocenters. The molecule has 1 atom stereocenters. The molecule has 35 heavy (non-hydrogen) atoms. The standard InChI is InChI=1S/C23H41NO10S/c1-5-6-14-31-21(28)34-23(11-8-7-9-12-23)17-32-20(27)19(26)22(3,4)16-33-35(29,30)15-10-13-24-18(2)25/h19,26H,5-17H2,1-4H3,(H,24,25)/t19-/m0/s1. The van der Waals surface area contributed by atoms with Crippen LogP contribution in [0, 0.1) is 5.41 Å². The van der Waals surface area contributed by atoms with Crippen molar-refractivity contribution in [2.45, 2.75) is 90.8 Å². The molecule has 0 aromatic carbocycles. The maximum absolute atomic E-state index is 12.6. The zero-order valence-electron chi connectivity index (χ0n) is 21.3. The third kappa shape index (κ3) is 12.0. The molecule has 11 nitrogen and oxygen atoms in total. The Hall–Kier alpha value is -1.92. The van der Waals surface area contributed by atoms with E-state index < -0.39 is 46.0 Å². The molecule has 0 aliphatic heterocycles. The van der Waals surface area contributed by atoms with E-state index in [-0.39, 0.29) is 37.8 Å². The smallest absolute Gasteiger partial charge is 0.459 e. The lowest BCUT2D eigenvalue weighted by atomic mass is 9.85. The van der Waals surface area contributed by atoms with Crippen LogP contribution >= 0.6 is 0 Å². The summed E-state index contributed by atoms with van der Waals surface area (Å²) in [5.74, 6) is -1.55. The van der Waals surface area contributed by atoms with Crippen LogP contribution in [0.5, 0.6) is 0 Å². The van der Waals surface area contributed by atoms with Gasteiger partial charge in [0.05, 0.1) is 19.0 Å². The molecule has 1 amide bonds. The van der Waals surface area contributed by atoms with Crippen LogP contribution in [0.2, 0.25) is 0 Å². The highest BCUT2D eigenvalue weighted by atomic mass is 32.2. The SMILES string of the molecule is CCCCOC(=O)OC1(COC(=O)[C@H](O)C(C)(C)COS(=O)(=O)CCCNC(C)=O)CCCCC1. The fourth-order valence-electron chi connectivity index (χ4n) is 3.47. The number of rotatable bonds is 15. The van der Waals surface area contributed by atoms with E-state index in [9.17, 15) is 27.9 Å². The molecule has 0 bridgehead atoms. The molecular formula is C23H41NO10S. The van der Waals surface area contributed by atoms with Crippen molar-refractivity contribution in [3.8, 4) is 0 Å². The second-order valence-electron chi connectivity index (χ2n) is 9.66. The van der Waals surface area contributed by atoms with Crippen molar-refractivity contribution in [1.29, 1.82) is 0 Å². The van der Waals surface area contributed by atoms with E-state index in [1.807, 2.05) is 6.92 Å². The summed E-state index contributed by atoms with van der Waals surface area (Å²) in [6, 6.07) is 0. The first-order valence-electron chi connectivity index (χ1n) is 12.1. The molecule has 1 aliphatic carbocycles.